The number of nitrogens with two attached hydrogens (primary N) is 1. The topological polar surface area (TPSA) is 50.5 Å². The van der Waals surface area contributed by atoms with Gasteiger partial charge in [0.05, 0.1) is 0 Å². The molecule has 1 aliphatic rings. The second-order valence-corrected chi connectivity index (χ2v) is 4.64. The van der Waals surface area contributed by atoms with Crippen LogP contribution < -0.4 is 15.8 Å². The minimum absolute atomic E-state index is 0.647. The van der Waals surface area contributed by atoms with E-state index >= 15 is 0 Å². The number of likely N-dealkylation sites (tertiary alicyclic amines) is 1. The van der Waals surface area contributed by atoms with E-state index in [1.165, 1.54) is 25.9 Å². The summed E-state index contributed by atoms with van der Waals surface area (Å²) in [6.45, 7) is 5.71. The van der Waals surface area contributed by atoms with E-state index in [1.54, 1.807) is 0 Å². The van der Waals surface area contributed by atoms with Crippen LogP contribution >= 0.6 is 0 Å². The predicted molar refractivity (Wildman–Crippen MR) is 75.2 cm³/mol. The SMILES string of the molecule is NCCNc1ccc(OCCN2CCCC2)cc1. The Bertz CT molecular complexity index is 333. The number of anilines is 1. The fourth-order valence-electron chi connectivity index (χ4n) is 2.18. The van der Waals surface area contributed by atoms with Crippen molar-refractivity contribution in [3.05, 3.63) is 24.3 Å². The number of nitrogens with one attached hydrogen (secondary N) is 1. The molecule has 0 amide bonds. The minimum Gasteiger partial charge on any atom is -0.492 e. The summed E-state index contributed by atoms with van der Waals surface area (Å²) in [7, 11) is 0. The maximum atomic E-state index is 5.73. The quantitative estimate of drug-likeness (QED) is 0.769. The summed E-state index contributed by atoms with van der Waals surface area (Å²) in [6.07, 6.45) is 2.67. The summed E-state index contributed by atoms with van der Waals surface area (Å²) in [5.41, 5.74) is 6.53. The van der Waals surface area contributed by atoms with Crippen LogP contribution in [0.25, 0.3) is 0 Å². The molecule has 0 saturated carbocycles. The van der Waals surface area contributed by atoms with Crippen molar-refractivity contribution in [2.45, 2.75) is 12.8 Å². The highest BCUT2D eigenvalue weighted by atomic mass is 16.5. The predicted octanol–water partition coefficient (Wildman–Crippen LogP) is 1.53. The molecule has 4 nitrogen and oxygen atoms in total. The van der Waals surface area contributed by atoms with Crippen molar-refractivity contribution in [3.63, 3.8) is 0 Å². The van der Waals surface area contributed by atoms with E-state index in [9.17, 15) is 0 Å². The number of benzene rings is 1. The van der Waals surface area contributed by atoms with Crippen LogP contribution in [-0.4, -0.2) is 44.2 Å². The largest absolute Gasteiger partial charge is 0.492 e. The van der Waals surface area contributed by atoms with E-state index in [4.69, 9.17) is 10.5 Å². The molecule has 1 aliphatic heterocycles. The maximum absolute atomic E-state index is 5.73. The zero-order valence-corrected chi connectivity index (χ0v) is 10.9. The Morgan fingerprint density at radius 3 is 2.56 bits per heavy atom. The molecule has 0 radical (unpaired) electrons. The molecule has 3 N–H and O–H groups in total. The number of hydrogen-bond donors (Lipinski definition) is 2. The van der Waals surface area contributed by atoms with Crippen molar-refractivity contribution in [2.75, 3.05) is 44.6 Å². The highest BCUT2D eigenvalue weighted by molar-refractivity contribution is 5.46. The van der Waals surface area contributed by atoms with Gasteiger partial charge in [-0.2, -0.15) is 0 Å². The van der Waals surface area contributed by atoms with Gasteiger partial charge in [-0.25, -0.2) is 0 Å². The molecule has 0 aliphatic carbocycles. The average Bonchev–Trinajstić information content (AvgIpc) is 2.91. The number of rotatable bonds is 7. The zero-order valence-electron chi connectivity index (χ0n) is 10.9. The number of nitrogens with zero attached hydrogens (tertiary/aromatic N) is 1. The van der Waals surface area contributed by atoms with Crippen LogP contribution in [0.1, 0.15) is 12.8 Å². The lowest BCUT2D eigenvalue weighted by molar-refractivity contribution is 0.238. The first kappa shape index (κ1) is 13.2. The zero-order chi connectivity index (χ0) is 12.6. The van der Waals surface area contributed by atoms with Crippen LogP contribution in [0.3, 0.4) is 0 Å². The summed E-state index contributed by atoms with van der Waals surface area (Å²) in [6, 6.07) is 8.06. The second-order valence-electron chi connectivity index (χ2n) is 4.64. The van der Waals surface area contributed by atoms with Gasteiger partial charge in [-0.15, -0.1) is 0 Å². The second kappa shape index (κ2) is 7.24. The molecule has 1 saturated heterocycles. The summed E-state index contributed by atoms with van der Waals surface area (Å²) in [4.78, 5) is 2.46. The van der Waals surface area contributed by atoms with Gasteiger partial charge in [0.25, 0.3) is 0 Å². The lowest BCUT2D eigenvalue weighted by Gasteiger charge is -2.15. The Morgan fingerprint density at radius 1 is 1.17 bits per heavy atom. The number of hydrogen-bond acceptors (Lipinski definition) is 4. The molecular formula is C14H23N3O. The molecule has 0 atom stereocenters. The highest BCUT2D eigenvalue weighted by Gasteiger charge is 2.10. The highest BCUT2D eigenvalue weighted by Crippen LogP contribution is 2.15. The monoisotopic (exact) mass is 249 g/mol. The third kappa shape index (κ3) is 4.20. The molecule has 18 heavy (non-hydrogen) atoms. The van der Waals surface area contributed by atoms with Gasteiger partial charge in [0.1, 0.15) is 12.4 Å². The molecule has 100 valence electrons. The first-order valence-corrected chi connectivity index (χ1v) is 6.77. The van der Waals surface area contributed by atoms with Gasteiger partial charge in [0.15, 0.2) is 0 Å². The average molecular weight is 249 g/mol. The number of ether oxygens (including phenoxy) is 1. The summed E-state index contributed by atoms with van der Waals surface area (Å²) in [5.74, 6) is 0.937. The molecule has 0 spiro atoms. The molecule has 1 heterocycles. The Labute approximate surface area is 109 Å². The van der Waals surface area contributed by atoms with Gasteiger partial charge < -0.3 is 15.8 Å². The molecule has 2 rings (SSSR count). The first-order valence-electron chi connectivity index (χ1n) is 6.77. The van der Waals surface area contributed by atoms with Crippen LogP contribution in [-0.2, 0) is 0 Å². The van der Waals surface area contributed by atoms with Crippen molar-refractivity contribution < 1.29 is 4.74 Å². The van der Waals surface area contributed by atoms with Crippen LogP contribution in [0.15, 0.2) is 24.3 Å². The minimum atomic E-state index is 0.647. The summed E-state index contributed by atoms with van der Waals surface area (Å²) >= 11 is 0. The molecule has 0 aromatic heterocycles. The van der Waals surface area contributed by atoms with Crippen LogP contribution in [0.2, 0.25) is 0 Å². The third-order valence-corrected chi connectivity index (χ3v) is 3.20. The molecule has 0 unspecified atom stereocenters. The molecular weight excluding hydrogens is 226 g/mol. The van der Waals surface area contributed by atoms with Gasteiger partial charge in [0.2, 0.25) is 0 Å². The fraction of sp³-hybridized carbons (Fsp3) is 0.571. The van der Waals surface area contributed by atoms with E-state index in [0.717, 1.165) is 31.1 Å². The van der Waals surface area contributed by atoms with Crippen molar-refractivity contribution in [1.29, 1.82) is 0 Å². The Balaban J connectivity index is 1.68. The Hall–Kier alpha value is -1.26. The van der Waals surface area contributed by atoms with Crippen molar-refractivity contribution >= 4 is 5.69 Å². The van der Waals surface area contributed by atoms with Gasteiger partial charge >= 0.3 is 0 Å². The molecule has 1 fully saturated rings. The summed E-state index contributed by atoms with van der Waals surface area (Å²) in [5, 5.41) is 3.23. The lowest BCUT2D eigenvalue weighted by atomic mass is 10.3. The van der Waals surface area contributed by atoms with Crippen molar-refractivity contribution in [3.8, 4) is 5.75 Å². The van der Waals surface area contributed by atoms with E-state index in [0.29, 0.717) is 6.54 Å². The smallest absolute Gasteiger partial charge is 0.119 e. The van der Waals surface area contributed by atoms with E-state index in [-0.39, 0.29) is 0 Å². The van der Waals surface area contributed by atoms with Crippen LogP contribution in [0.4, 0.5) is 5.69 Å². The summed E-state index contributed by atoms with van der Waals surface area (Å²) < 4.78 is 5.73. The fourth-order valence-corrected chi connectivity index (χ4v) is 2.18. The van der Waals surface area contributed by atoms with E-state index in [2.05, 4.69) is 10.2 Å². The Morgan fingerprint density at radius 2 is 1.89 bits per heavy atom. The van der Waals surface area contributed by atoms with Crippen LogP contribution in [0, 0.1) is 0 Å². The lowest BCUT2D eigenvalue weighted by Crippen LogP contribution is -2.25. The van der Waals surface area contributed by atoms with Gasteiger partial charge in [0, 0.05) is 25.3 Å². The van der Waals surface area contributed by atoms with Gasteiger partial charge in [-0.1, -0.05) is 0 Å². The Kier molecular flexibility index (Phi) is 5.30. The molecule has 1 aromatic rings. The maximum Gasteiger partial charge on any atom is 0.119 e. The van der Waals surface area contributed by atoms with E-state index in [1.807, 2.05) is 24.3 Å². The first-order chi connectivity index (χ1) is 8.88. The van der Waals surface area contributed by atoms with Crippen molar-refractivity contribution in [1.82, 2.24) is 4.90 Å². The van der Waals surface area contributed by atoms with Crippen LogP contribution in [0.5, 0.6) is 5.75 Å². The molecule has 4 heteroatoms. The standard InChI is InChI=1S/C14H23N3O/c15-7-8-16-13-3-5-14(6-4-13)18-12-11-17-9-1-2-10-17/h3-6,16H,1-2,7-12,15H2. The van der Waals surface area contributed by atoms with Gasteiger partial charge in [-0.3, -0.25) is 4.90 Å². The van der Waals surface area contributed by atoms with Crippen molar-refractivity contribution in [2.24, 2.45) is 5.73 Å². The van der Waals surface area contributed by atoms with E-state index < -0.39 is 0 Å². The third-order valence-electron chi connectivity index (χ3n) is 3.20. The van der Waals surface area contributed by atoms with Gasteiger partial charge in [-0.05, 0) is 50.2 Å². The normalized spacial score (nSPS) is 15.8. The molecule has 1 aromatic carbocycles. The molecule has 0 bridgehead atoms.